The van der Waals surface area contributed by atoms with Crippen molar-refractivity contribution in [2.45, 2.75) is 69.6 Å². The quantitative estimate of drug-likeness (QED) is 0.752. The fourth-order valence-corrected chi connectivity index (χ4v) is 4.38. The fraction of sp³-hybridized carbons (Fsp3) is 0.650. The van der Waals surface area contributed by atoms with Gasteiger partial charge in [0.25, 0.3) is 0 Å². The molecular weight excluding hydrogens is 382 g/mol. The van der Waals surface area contributed by atoms with Crippen molar-refractivity contribution in [1.82, 2.24) is 5.32 Å². The SMILES string of the molecule is CC(C)(C)OC(=O)COC1(c2ccc(Br)cc2)CNC2(CCCC2)C1. The molecule has 1 N–H and O–H groups in total. The van der Waals surface area contributed by atoms with E-state index in [9.17, 15) is 4.79 Å². The summed E-state index contributed by atoms with van der Waals surface area (Å²) in [4.78, 5) is 12.2. The Bertz CT molecular complexity index is 617. The predicted octanol–water partition coefficient (Wildman–Crippen LogP) is 4.31. The van der Waals surface area contributed by atoms with Gasteiger partial charge in [0.2, 0.25) is 0 Å². The molecule has 1 saturated carbocycles. The van der Waals surface area contributed by atoms with Crippen molar-refractivity contribution in [2.24, 2.45) is 0 Å². The standard InChI is InChI=1S/C20H28BrNO3/c1-18(2,3)25-17(23)12-24-20(15-6-8-16(21)9-7-15)13-19(22-14-20)10-4-5-11-19/h6-9,22H,4-5,10-14H2,1-3H3. The fourth-order valence-electron chi connectivity index (χ4n) is 4.12. The van der Waals surface area contributed by atoms with Crippen LogP contribution in [0.2, 0.25) is 0 Å². The van der Waals surface area contributed by atoms with Crippen molar-refractivity contribution in [1.29, 1.82) is 0 Å². The lowest BCUT2D eigenvalue weighted by Gasteiger charge is -2.32. The van der Waals surface area contributed by atoms with Crippen LogP contribution >= 0.6 is 15.9 Å². The zero-order chi connectivity index (χ0) is 18.1. The Balaban J connectivity index is 1.78. The zero-order valence-corrected chi connectivity index (χ0v) is 16.9. The van der Waals surface area contributed by atoms with Crippen molar-refractivity contribution < 1.29 is 14.3 Å². The predicted molar refractivity (Wildman–Crippen MR) is 101 cm³/mol. The number of ether oxygens (including phenoxy) is 2. The second-order valence-corrected chi connectivity index (χ2v) is 9.31. The summed E-state index contributed by atoms with van der Waals surface area (Å²) in [5.41, 5.74) is 0.310. The number of carbonyl (C=O) groups is 1. The van der Waals surface area contributed by atoms with E-state index in [0.717, 1.165) is 23.0 Å². The molecule has 1 unspecified atom stereocenters. The second kappa shape index (κ2) is 7.01. The van der Waals surface area contributed by atoms with Crippen LogP contribution in [0, 0.1) is 0 Å². The molecular formula is C20H28BrNO3. The van der Waals surface area contributed by atoms with Gasteiger partial charge in [0.05, 0.1) is 0 Å². The highest BCUT2D eigenvalue weighted by molar-refractivity contribution is 9.10. The van der Waals surface area contributed by atoms with E-state index < -0.39 is 11.2 Å². The summed E-state index contributed by atoms with van der Waals surface area (Å²) in [6, 6.07) is 8.25. The first-order chi connectivity index (χ1) is 11.7. The molecule has 2 fully saturated rings. The third-order valence-corrected chi connectivity index (χ3v) is 5.72. The first-order valence-electron chi connectivity index (χ1n) is 9.09. The van der Waals surface area contributed by atoms with Gasteiger partial charge in [-0.1, -0.05) is 40.9 Å². The maximum atomic E-state index is 12.2. The van der Waals surface area contributed by atoms with Gasteiger partial charge in [-0.25, -0.2) is 4.79 Å². The normalized spacial score (nSPS) is 25.4. The van der Waals surface area contributed by atoms with E-state index in [0.29, 0.717) is 0 Å². The summed E-state index contributed by atoms with van der Waals surface area (Å²) < 4.78 is 12.7. The highest BCUT2D eigenvalue weighted by Crippen LogP contribution is 2.46. The molecule has 3 rings (SSSR count). The Morgan fingerprint density at radius 2 is 1.84 bits per heavy atom. The van der Waals surface area contributed by atoms with Gasteiger partial charge >= 0.3 is 5.97 Å². The van der Waals surface area contributed by atoms with Crippen LogP contribution in [0.3, 0.4) is 0 Å². The van der Waals surface area contributed by atoms with Crippen molar-refractivity contribution in [3.05, 3.63) is 34.3 Å². The van der Waals surface area contributed by atoms with Crippen molar-refractivity contribution in [2.75, 3.05) is 13.2 Å². The lowest BCUT2D eigenvalue weighted by Crippen LogP contribution is -2.36. The highest BCUT2D eigenvalue weighted by atomic mass is 79.9. The molecule has 1 aliphatic carbocycles. The first-order valence-corrected chi connectivity index (χ1v) is 9.88. The average Bonchev–Trinajstić information content (AvgIpc) is 3.13. The van der Waals surface area contributed by atoms with Gasteiger partial charge in [0.1, 0.15) is 17.8 Å². The Morgan fingerprint density at radius 3 is 2.44 bits per heavy atom. The Morgan fingerprint density at radius 1 is 1.20 bits per heavy atom. The molecule has 0 bridgehead atoms. The van der Waals surface area contributed by atoms with Crippen molar-refractivity contribution in [3.63, 3.8) is 0 Å². The minimum absolute atomic E-state index is 0.0227. The van der Waals surface area contributed by atoms with E-state index >= 15 is 0 Å². The minimum atomic E-state index is -0.494. The van der Waals surface area contributed by atoms with Gasteiger partial charge in [0.15, 0.2) is 0 Å². The topological polar surface area (TPSA) is 47.6 Å². The third kappa shape index (κ3) is 4.44. The maximum Gasteiger partial charge on any atom is 0.332 e. The summed E-state index contributed by atoms with van der Waals surface area (Å²) in [5.74, 6) is -0.309. The lowest BCUT2D eigenvalue weighted by molar-refractivity contribution is -0.167. The molecule has 25 heavy (non-hydrogen) atoms. The van der Waals surface area contributed by atoms with Gasteiger partial charge < -0.3 is 14.8 Å². The van der Waals surface area contributed by atoms with Crippen LogP contribution in [0.1, 0.15) is 58.4 Å². The highest BCUT2D eigenvalue weighted by Gasteiger charge is 2.51. The molecule has 4 nitrogen and oxygen atoms in total. The summed E-state index contributed by atoms with van der Waals surface area (Å²) in [7, 11) is 0. The van der Waals surface area contributed by atoms with Crippen LogP contribution in [-0.2, 0) is 19.9 Å². The number of carbonyl (C=O) groups excluding carboxylic acids is 1. The van der Waals surface area contributed by atoms with E-state index in [1.54, 1.807) is 0 Å². The number of nitrogens with one attached hydrogen (secondary N) is 1. The Hall–Kier alpha value is -0.910. The molecule has 0 radical (unpaired) electrons. The summed E-state index contributed by atoms with van der Waals surface area (Å²) in [5, 5.41) is 3.72. The van der Waals surface area contributed by atoms with Crippen molar-refractivity contribution in [3.8, 4) is 0 Å². The van der Waals surface area contributed by atoms with Crippen LogP contribution in [0.15, 0.2) is 28.7 Å². The Labute approximate surface area is 158 Å². The molecule has 1 spiro atoms. The van der Waals surface area contributed by atoms with Crippen LogP contribution in [0.4, 0.5) is 0 Å². The molecule has 1 aromatic carbocycles. The van der Waals surface area contributed by atoms with Gasteiger partial charge in [-0.15, -0.1) is 0 Å². The third-order valence-electron chi connectivity index (χ3n) is 5.19. The van der Waals surface area contributed by atoms with E-state index in [1.807, 2.05) is 32.9 Å². The number of hydrogen-bond donors (Lipinski definition) is 1. The molecule has 1 aliphatic heterocycles. The number of halogens is 1. The molecule has 1 atom stereocenters. The van der Waals surface area contributed by atoms with E-state index in [2.05, 4.69) is 33.4 Å². The largest absolute Gasteiger partial charge is 0.458 e. The van der Waals surface area contributed by atoms with Crippen LogP contribution in [0.5, 0.6) is 0 Å². The molecule has 2 aliphatic rings. The maximum absolute atomic E-state index is 12.2. The first kappa shape index (κ1) is 18.9. The van der Waals surface area contributed by atoms with Crippen LogP contribution in [0.25, 0.3) is 0 Å². The summed E-state index contributed by atoms with van der Waals surface area (Å²) in [6.07, 6.45) is 5.79. The number of esters is 1. The van der Waals surface area contributed by atoms with Gasteiger partial charge in [-0.2, -0.15) is 0 Å². The minimum Gasteiger partial charge on any atom is -0.458 e. The number of benzene rings is 1. The second-order valence-electron chi connectivity index (χ2n) is 8.39. The smallest absolute Gasteiger partial charge is 0.332 e. The number of hydrogen-bond acceptors (Lipinski definition) is 4. The Kier molecular flexibility index (Phi) is 5.29. The zero-order valence-electron chi connectivity index (χ0n) is 15.4. The van der Waals surface area contributed by atoms with E-state index in [4.69, 9.17) is 9.47 Å². The van der Waals surface area contributed by atoms with Gasteiger partial charge in [-0.3, -0.25) is 0 Å². The molecule has 1 heterocycles. The molecule has 138 valence electrons. The van der Waals surface area contributed by atoms with E-state index in [1.165, 1.54) is 25.7 Å². The van der Waals surface area contributed by atoms with E-state index in [-0.39, 0.29) is 18.1 Å². The van der Waals surface area contributed by atoms with Crippen molar-refractivity contribution >= 4 is 21.9 Å². The summed E-state index contributed by atoms with van der Waals surface area (Å²) in [6.45, 7) is 6.34. The monoisotopic (exact) mass is 409 g/mol. The molecule has 5 heteroatoms. The van der Waals surface area contributed by atoms with Gasteiger partial charge in [0, 0.05) is 23.0 Å². The molecule has 0 aromatic heterocycles. The average molecular weight is 410 g/mol. The molecule has 0 amide bonds. The summed E-state index contributed by atoms with van der Waals surface area (Å²) >= 11 is 3.50. The molecule has 1 saturated heterocycles. The van der Waals surface area contributed by atoms with Crippen LogP contribution in [-0.4, -0.2) is 30.3 Å². The van der Waals surface area contributed by atoms with Crippen LogP contribution < -0.4 is 5.32 Å². The van der Waals surface area contributed by atoms with Gasteiger partial charge in [-0.05, 0) is 51.3 Å². The number of rotatable bonds is 4. The lowest BCUT2D eigenvalue weighted by atomic mass is 9.84. The molecule has 1 aromatic rings.